The number of carbonyl (C=O) groups excluding carboxylic acids is 1. The fourth-order valence-corrected chi connectivity index (χ4v) is 3.44. The minimum atomic E-state index is -0.773. The second-order valence-corrected chi connectivity index (χ2v) is 6.84. The van der Waals surface area contributed by atoms with Crippen LogP contribution in [0.5, 0.6) is 0 Å². The number of aliphatic hydroxyl groups is 1. The van der Waals surface area contributed by atoms with Crippen molar-refractivity contribution in [2.45, 2.75) is 38.3 Å². The van der Waals surface area contributed by atoms with Crippen LogP contribution in [0.3, 0.4) is 0 Å². The van der Waals surface area contributed by atoms with Crippen LogP contribution in [0.2, 0.25) is 0 Å². The largest absolute Gasteiger partial charge is 0.385 e. The Hall–Kier alpha value is -1.97. The van der Waals surface area contributed by atoms with E-state index in [0.29, 0.717) is 12.8 Å². The van der Waals surface area contributed by atoms with Crippen LogP contribution in [0.15, 0.2) is 54.6 Å². The smallest absolute Gasteiger partial charge is 0.179 e. The average molecular weight is 323 g/mol. The third-order valence-electron chi connectivity index (χ3n) is 5.20. The molecule has 2 aromatic rings. The molecular weight excluding hydrogens is 298 g/mol. The first-order chi connectivity index (χ1) is 11.5. The van der Waals surface area contributed by atoms with Gasteiger partial charge >= 0.3 is 0 Å². The molecular formula is C21H25NO2. The van der Waals surface area contributed by atoms with Crippen molar-refractivity contribution in [1.29, 1.82) is 0 Å². The normalized spacial score (nSPS) is 19.0. The summed E-state index contributed by atoms with van der Waals surface area (Å²) >= 11 is 0. The predicted molar refractivity (Wildman–Crippen MR) is 96.1 cm³/mol. The van der Waals surface area contributed by atoms with Crippen molar-refractivity contribution in [3.63, 3.8) is 0 Å². The molecule has 1 aliphatic rings. The first-order valence-electron chi connectivity index (χ1n) is 8.62. The van der Waals surface area contributed by atoms with Gasteiger partial charge in [0.2, 0.25) is 0 Å². The highest BCUT2D eigenvalue weighted by molar-refractivity contribution is 5.99. The van der Waals surface area contributed by atoms with E-state index in [9.17, 15) is 9.90 Å². The van der Waals surface area contributed by atoms with Crippen molar-refractivity contribution in [2.75, 3.05) is 13.1 Å². The lowest BCUT2D eigenvalue weighted by Crippen LogP contribution is -2.48. The molecule has 126 valence electrons. The summed E-state index contributed by atoms with van der Waals surface area (Å²) in [5, 5.41) is 10.9. The van der Waals surface area contributed by atoms with Crippen molar-refractivity contribution in [3.05, 3.63) is 71.3 Å². The van der Waals surface area contributed by atoms with Gasteiger partial charge in [-0.15, -0.1) is 0 Å². The number of nitrogens with zero attached hydrogens (tertiary/aromatic N) is 1. The maximum Gasteiger partial charge on any atom is 0.179 e. The molecule has 1 N–H and O–H groups in total. The van der Waals surface area contributed by atoms with Crippen LogP contribution < -0.4 is 0 Å². The Labute approximate surface area is 143 Å². The van der Waals surface area contributed by atoms with E-state index in [0.717, 1.165) is 29.8 Å². The van der Waals surface area contributed by atoms with Crippen molar-refractivity contribution < 1.29 is 9.90 Å². The Morgan fingerprint density at radius 3 is 2.21 bits per heavy atom. The van der Waals surface area contributed by atoms with Gasteiger partial charge in [-0.05, 0) is 32.3 Å². The van der Waals surface area contributed by atoms with E-state index in [1.165, 1.54) is 0 Å². The highest BCUT2D eigenvalue weighted by atomic mass is 16.3. The minimum Gasteiger partial charge on any atom is -0.385 e. The molecule has 0 radical (unpaired) electrons. The topological polar surface area (TPSA) is 40.5 Å². The molecule has 24 heavy (non-hydrogen) atoms. The van der Waals surface area contributed by atoms with Gasteiger partial charge in [0.15, 0.2) is 5.78 Å². The Balaban J connectivity index is 1.66. The quantitative estimate of drug-likeness (QED) is 0.875. The Bertz CT molecular complexity index is 686. The number of likely N-dealkylation sites (tertiary alicyclic amines) is 1. The standard InChI is InChI=1S/C21H25NO2/c1-16-8-10-18(11-9-16)20(23)17(2)22-14-12-21(24,13-15-22)19-6-4-3-5-7-19/h3-11,17,24H,12-15H2,1-2H3/t17-/m1/s1. The summed E-state index contributed by atoms with van der Waals surface area (Å²) < 4.78 is 0. The van der Waals surface area contributed by atoms with E-state index >= 15 is 0 Å². The van der Waals surface area contributed by atoms with Gasteiger partial charge in [0.05, 0.1) is 11.6 Å². The molecule has 0 unspecified atom stereocenters. The third-order valence-corrected chi connectivity index (χ3v) is 5.20. The lowest BCUT2D eigenvalue weighted by atomic mass is 9.84. The summed E-state index contributed by atoms with van der Waals surface area (Å²) in [7, 11) is 0. The average Bonchev–Trinajstić information content (AvgIpc) is 2.62. The molecule has 0 aromatic heterocycles. The third kappa shape index (κ3) is 3.42. The minimum absolute atomic E-state index is 0.153. The molecule has 0 spiro atoms. The Kier molecular flexibility index (Phi) is 4.83. The molecule has 1 heterocycles. The van der Waals surface area contributed by atoms with Crippen LogP contribution in [-0.4, -0.2) is 34.9 Å². The van der Waals surface area contributed by atoms with Gasteiger partial charge in [0, 0.05) is 18.7 Å². The molecule has 1 fully saturated rings. The van der Waals surface area contributed by atoms with Gasteiger partial charge in [-0.1, -0.05) is 60.2 Å². The molecule has 3 heteroatoms. The Morgan fingerprint density at radius 1 is 1.04 bits per heavy atom. The number of ketones is 1. The number of hydrogen-bond donors (Lipinski definition) is 1. The van der Waals surface area contributed by atoms with Gasteiger partial charge < -0.3 is 5.11 Å². The summed E-state index contributed by atoms with van der Waals surface area (Å²) in [6, 6.07) is 17.4. The molecule has 1 aliphatic heterocycles. The van der Waals surface area contributed by atoms with Crippen LogP contribution in [0.4, 0.5) is 0 Å². The van der Waals surface area contributed by atoms with E-state index < -0.39 is 5.60 Å². The van der Waals surface area contributed by atoms with E-state index in [1.54, 1.807) is 0 Å². The first-order valence-corrected chi connectivity index (χ1v) is 8.62. The van der Waals surface area contributed by atoms with Gasteiger partial charge in [-0.3, -0.25) is 9.69 Å². The van der Waals surface area contributed by atoms with Gasteiger partial charge in [-0.2, -0.15) is 0 Å². The second kappa shape index (κ2) is 6.88. The van der Waals surface area contributed by atoms with Crippen LogP contribution in [0.25, 0.3) is 0 Å². The van der Waals surface area contributed by atoms with E-state index in [1.807, 2.05) is 68.4 Å². The van der Waals surface area contributed by atoms with E-state index in [-0.39, 0.29) is 11.8 Å². The predicted octanol–water partition coefficient (Wildman–Crippen LogP) is 3.55. The molecule has 1 saturated heterocycles. The van der Waals surface area contributed by atoms with Crippen molar-refractivity contribution in [1.82, 2.24) is 4.90 Å². The lowest BCUT2D eigenvalue weighted by Gasteiger charge is -2.40. The highest BCUT2D eigenvalue weighted by Crippen LogP contribution is 2.33. The van der Waals surface area contributed by atoms with Gasteiger partial charge in [0.1, 0.15) is 0 Å². The zero-order valence-corrected chi connectivity index (χ0v) is 14.4. The van der Waals surface area contributed by atoms with Crippen LogP contribution in [0.1, 0.15) is 41.3 Å². The number of hydrogen-bond acceptors (Lipinski definition) is 3. The van der Waals surface area contributed by atoms with Crippen molar-refractivity contribution in [3.8, 4) is 0 Å². The number of benzene rings is 2. The monoisotopic (exact) mass is 323 g/mol. The van der Waals surface area contributed by atoms with Crippen molar-refractivity contribution >= 4 is 5.78 Å². The second-order valence-electron chi connectivity index (χ2n) is 6.84. The highest BCUT2D eigenvalue weighted by Gasteiger charge is 2.36. The molecule has 0 bridgehead atoms. The summed E-state index contributed by atoms with van der Waals surface area (Å²) in [6.45, 7) is 5.44. The fraction of sp³-hybridized carbons (Fsp3) is 0.381. The fourth-order valence-electron chi connectivity index (χ4n) is 3.44. The summed E-state index contributed by atoms with van der Waals surface area (Å²) in [5.74, 6) is 0.153. The zero-order valence-electron chi connectivity index (χ0n) is 14.4. The molecule has 0 aliphatic carbocycles. The molecule has 1 atom stereocenters. The number of carbonyl (C=O) groups is 1. The van der Waals surface area contributed by atoms with Crippen LogP contribution in [0, 0.1) is 6.92 Å². The number of aryl methyl sites for hydroxylation is 1. The van der Waals surface area contributed by atoms with Crippen LogP contribution >= 0.6 is 0 Å². The van der Waals surface area contributed by atoms with E-state index in [2.05, 4.69) is 4.90 Å². The number of piperidine rings is 1. The Morgan fingerprint density at radius 2 is 1.62 bits per heavy atom. The molecule has 0 amide bonds. The first kappa shape index (κ1) is 16.9. The summed E-state index contributed by atoms with van der Waals surface area (Å²) in [5.41, 5.74) is 2.12. The maximum absolute atomic E-state index is 12.7. The SMILES string of the molecule is Cc1ccc(C(=O)[C@@H](C)N2CCC(O)(c3ccccc3)CC2)cc1. The number of rotatable bonds is 4. The molecule has 0 saturated carbocycles. The molecule has 3 nitrogen and oxygen atoms in total. The van der Waals surface area contributed by atoms with Gasteiger partial charge in [0.25, 0.3) is 0 Å². The molecule has 3 rings (SSSR count). The van der Waals surface area contributed by atoms with Crippen molar-refractivity contribution in [2.24, 2.45) is 0 Å². The zero-order chi connectivity index (χ0) is 17.2. The number of Topliss-reactive ketones (excluding diaryl/α,β-unsaturated/α-hetero) is 1. The maximum atomic E-state index is 12.7. The summed E-state index contributed by atoms with van der Waals surface area (Å²) in [4.78, 5) is 14.9. The van der Waals surface area contributed by atoms with E-state index in [4.69, 9.17) is 0 Å². The lowest BCUT2D eigenvalue weighted by molar-refractivity contribution is -0.0318. The van der Waals surface area contributed by atoms with Crippen LogP contribution in [-0.2, 0) is 5.60 Å². The summed E-state index contributed by atoms with van der Waals surface area (Å²) in [6.07, 6.45) is 1.31. The van der Waals surface area contributed by atoms with Gasteiger partial charge in [-0.25, -0.2) is 0 Å². The molecule has 2 aromatic carbocycles.